The molecule has 2 aromatic carbocycles. The quantitative estimate of drug-likeness (QED) is 0.0736. The molecule has 6 rings (SSSR count). The number of amidine groups is 2. The van der Waals surface area contributed by atoms with Gasteiger partial charge in [0, 0.05) is 52.6 Å². The van der Waals surface area contributed by atoms with Gasteiger partial charge >= 0.3 is 0 Å². The Hall–Kier alpha value is -5.21. The van der Waals surface area contributed by atoms with E-state index in [0.717, 1.165) is 32.1 Å². The second-order valence-electron chi connectivity index (χ2n) is 14.1. The lowest BCUT2D eigenvalue weighted by Crippen LogP contribution is -2.53. The fourth-order valence-corrected chi connectivity index (χ4v) is 8.62. The van der Waals surface area contributed by atoms with Gasteiger partial charge in [-0.2, -0.15) is 0 Å². The van der Waals surface area contributed by atoms with Crippen molar-refractivity contribution in [1.82, 2.24) is 16.0 Å². The lowest BCUT2D eigenvalue weighted by atomic mass is 9.88. The molecule has 3 aliphatic rings. The molecule has 55 heavy (non-hydrogen) atoms. The fraction of sp³-hybridized carbons (Fsp3) is 0.400. The van der Waals surface area contributed by atoms with Crippen molar-refractivity contribution in [2.45, 2.75) is 90.1 Å². The van der Waals surface area contributed by atoms with Crippen molar-refractivity contribution in [3.05, 3.63) is 80.7 Å². The number of piperidine rings is 1. The van der Waals surface area contributed by atoms with E-state index in [4.69, 9.17) is 27.4 Å². The van der Waals surface area contributed by atoms with Gasteiger partial charge in [0.2, 0.25) is 29.5 Å². The number of benzene rings is 2. The Bertz CT molecular complexity index is 2080. The summed E-state index contributed by atoms with van der Waals surface area (Å²) >= 11 is 7.69. The lowest BCUT2D eigenvalue weighted by Gasteiger charge is -2.34. The molecule has 0 aliphatic carbocycles. The molecule has 3 aromatic rings. The number of nitrogens with zero attached hydrogens (tertiary/aromatic N) is 3. The van der Waals surface area contributed by atoms with Crippen LogP contribution < -0.4 is 25.8 Å². The number of anilines is 2. The van der Waals surface area contributed by atoms with E-state index in [1.54, 1.807) is 28.9 Å². The van der Waals surface area contributed by atoms with Crippen LogP contribution in [-0.4, -0.2) is 72.1 Å². The van der Waals surface area contributed by atoms with Crippen molar-refractivity contribution in [2.75, 3.05) is 22.9 Å². The smallest absolute Gasteiger partial charge is 0.249 e. The van der Waals surface area contributed by atoms with Gasteiger partial charge in [0.05, 0.1) is 18.1 Å². The largest absolute Gasteiger partial charge is 0.356 e. The first kappa shape index (κ1) is 39.5. The maximum atomic E-state index is 13.4. The summed E-state index contributed by atoms with van der Waals surface area (Å²) in [7, 11) is 0. The number of unbranched alkanes of at least 4 members (excludes halogenated alkanes) is 2. The van der Waals surface area contributed by atoms with Gasteiger partial charge in [-0.25, -0.2) is 0 Å². The number of nitrogens with one attached hydrogen (secondary N) is 5. The highest BCUT2D eigenvalue weighted by Gasteiger charge is 2.37. The van der Waals surface area contributed by atoms with Crippen molar-refractivity contribution in [1.29, 1.82) is 10.8 Å². The number of hydrogen-bond donors (Lipinski definition) is 5. The maximum Gasteiger partial charge on any atom is 0.249 e. The Morgan fingerprint density at radius 3 is 2.51 bits per heavy atom. The molecule has 13 nitrogen and oxygen atoms in total. The van der Waals surface area contributed by atoms with Gasteiger partial charge in [0.25, 0.3) is 0 Å². The number of hydrogen-bond acceptors (Lipinski definition) is 9. The Morgan fingerprint density at radius 1 is 1.04 bits per heavy atom. The summed E-state index contributed by atoms with van der Waals surface area (Å²) in [5.41, 5.74) is 4.73. The molecule has 5 N–H and O–H groups in total. The highest BCUT2D eigenvalue weighted by Crippen LogP contribution is 2.40. The van der Waals surface area contributed by atoms with Crippen LogP contribution in [0.3, 0.4) is 0 Å². The van der Waals surface area contributed by atoms with Crippen LogP contribution in [0.5, 0.6) is 0 Å². The SMILES string of the molecule is CC(=N)N1C(=N)[C@H](CC(=O)NCCCCCC(=O)N2CC[C@H](C(=O)N[C@H]3CCC(=O)NC3=O)c3ccccc32)N=C(c2ccc(Cl)cc2)c2c1sc(C)c2C. The number of carbonyl (C=O) groups excluding carboxylic acids is 5. The van der Waals surface area contributed by atoms with Crippen molar-refractivity contribution >= 4 is 80.5 Å². The van der Waals surface area contributed by atoms with E-state index in [-0.39, 0.29) is 54.6 Å². The standard InChI is InChI=1S/C40H45ClN8O5S/c1-22-23(2)55-40-35(22)36(25-12-14-26(41)15-13-25)45-30(37(43)49(40)24(3)42)21-33(51)44-19-8-4-5-11-34(52)48-20-18-28(27-9-6-7-10-31(27)48)38(53)46-29-16-17-32(50)47-39(29)54/h6-7,9-10,12-15,28-30,42-43H,4-5,8,11,16-21H2,1-3H3,(H,44,51)(H,46,53)(H,47,50,54)/t28-,29-,30-/m0/s1. The summed E-state index contributed by atoms with van der Waals surface area (Å²) in [6.45, 7) is 6.40. The number of amides is 5. The molecule has 5 amide bonds. The van der Waals surface area contributed by atoms with Crippen LogP contribution in [0.1, 0.15) is 91.3 Å². The number of halogens is 1. The minimum Gasteiger partial charge on any atom is -0.356 e. The zero-order chi connectivity index (χ0) is 39.4. The Kier molecular flexibility index (Phi) is 12.3. The number of thiophene rings is 1. The third kappa shape index (κ3) is 8.70. The molecule has 0 unspecified atom stereocenters. The van der Waals surface area contributed by atoms with Crippen molar-refractivity contribution in [3.63, 3.8) is 0 Å². The number of rotatable bonds is 11. The van der Waals surface area contributed by atoms with Crippen molar-refractivity contribution < 1.29 is 24.0 Å². The van der Waals surface area contributed by atoms with Crippen LogP contribution in [0.25, 0.3) is 0 Å². The molecule has 0 radical (unpaired) electrons. The highest BCUT2D eigenvalue weighted by atomic mass is 35.5. The molecular formula is C40H45ClN8O5S. The average molecular weight is 785 g/mol. The minimum atomic E-state index is -0.821. The van der Waals surface area contributed by atoms with Crippen LogP contribution in [0, 0.1) is 24.7 Å². The molecule has 288 valence electrons. The number of aryl methyl sites for hydroxylation is 1. The fourth-order valence-electron chi connectivity index (χ4n) is 7.27. The third-order valence-corrected chi connectivity index (χ3v) is 11.7. The Morgan fingerprint density at radius 2 is 1.78 bits per heavy atom. The van der Waals surface area contributed by atoms with Gasteiger partial charge in [-0.15, -0.1) is 11.3 Å². The van der Waals surface area contributed by atoms with Gasteiger partial charge < -0.3 is 15.5 Å². The van der Waals surface area contributed by atoms with Crippen LogP contribution in [0.4, 0.5) is 10.7 Å². The number of aliphatic imine (C=N–C) groups is 1. The second-order valence-corrected chi connectivity index (χ2v) is 15.7. The van der Waals surface area contributed by atoms with E-state index in [9.17, 15) is 24.0 Å². The number of para-hydroxylation sites is 1. The zero-order valence-corrected chi connectivity index (χ0v) is 32.7. The minimum absolute atomic E-state index is 0.0493. The first-order valence-corrected chi connectivity index (χ1v) is 19.7. The average Bonchev–Trinajstić information content (AvgIpc) is 3.37. The molecule has 3 atom stereocenters. The summed E-state index contributed by atoms with van der Waals surface area (Å²) in [6.07, 6.45) is 3.04. The van der Waals surface area contributed by atoms with E-state index in [1.807, 2.05) is 50.2 Å². The predicted octanol–water partition coefficient (Wildman–Crippen LogP) is 5.53. The summed E-state index contributed by atoms with van der Waals surface area (Å²) < 4.78 is 0. The van der Waals surface area contributed by atoms with E-state index < -0.39 is 23.9 Å². The molecule has 1 aromatic heterocycles. The third-order valence-electron chi connectivity index (χ3n) is 10.3. The van der Waals surface area contributed by atoms with Crippen molar-refractivity contribution in [2.24, 2.45) is 4.99 Å². The molecule has 4 heterocycles. The Balaban J connectivity index is 1.02. The number of carbonyl (C=O) groups is 5. The van der Waals surface area contributed by atoms with E-state index in [0.29, 0.717) is 61.6 Å². The second kappa shape index (κ2) is 17.1. The van der Waals surface area contributed by atoms with Gasteiger partial charge in [-0.05, 0) is 75.8 Å². The summed E-state index contributed by atoms with van der Waals surface area (Å²) in [5, 5.41) is 27.0. The predicted molar refractivity (Wildman–Crippen MR) is 215 cm³/mol. The summed E-state index contributed by atoms with van der Waals surface area (Å²) in [4.78, 5) is 73.0. The van der Waals surface area contributed by atoms with Gasteiger partial charge in [0.15, 0.2) is 0 Å². The van der Waals surface area contributed by atoms with Gasteiger partial charge in [-0.3, -0.25) is 50.0 Å². The zero-order valence-electron chi connectivity index (χ0n) is 31.1. The highest BCUT2D eigenvalue weighted by molar-refractivity contribution is 7.17. The summed E-state index contributed by atoms with van der Waals surface area (Å²) in [5.74, 6) is -1.75. The molecular weight excluding hydrogens is 740 g/mol. The first-order valence-electron chi connectivity index (χ1n) is 18.5. The van der Waals surface area contributed by atoms with Crippen LogP contribution in [-0.2, 0) is 24.0 Å². The molecule has 0 saturated carbocycles. The first-order chi connectivity index (χ1) is 26.3. The molecule has 3 aliphatic heterocycles. The maximum absolute atomic E-state index is 13.4. The normalized spacial score (nSPS) is 19.5. The van der Waals surface area contributed by atoms with Crippen LogP contribution in [0.15, 0.2) is 53.5 Å². The number of fused-ring (bicyclic) bond motifs is 2. The molecule has 0 bridgehead atoms. The van der Waals surface area contributed by atoms with Gasteiger partial charge in [0.1, 0.15) is 28.8 Å². The van der Waals surface area contributed by atoms with Crippen molar-refractivity contribution in [3.8, 4) is 0 Å². The van der Waals surface area contributed by atoms with E-state index >= 15 is 0 Å². The summed E-state index contributed by atoms with van der Waals surface area (Å²) in [6, 6.07) is 13.0. The Labute approximate surface area is 328 Å². The molecule has 0 spiro atoms. The molecule has 1 saturated heterocycles. The monoisotopic (exact) mass is 784 g/mol. The van der Waals surface area contributed by atoms with E-state index in [1.165, 1.54) is 11.3 Å². The van der Waals surface area contributed by atoms with Gasteiger partial charge in [-0.1, -0.05) is 48.4 Å². The molecule has 15 heteroatoms. The van der Waals surface area contributed by atoms with Crippen LogP contribution >= 0.6 is 22.9 Å². The van der Waals surface area contributed by atoms with E-state index in [2.05, 4.69) is 16.0 Å². The lowest BCUT2D eigenvalue weighted by molar-refractivity contribution is -0.137. The number of imide groups is 1. The molecule has 1 fully saturated rings. The van der Waals surface area contributed by atoms with Crippen LogP contribution in [0.2, 0.25) is 5.02 Å². The topological polar surface area (TPSA) is 188 Å².